The molecule has 0 saturated carbocycles. The van der Waals surface area contributed by atoms with Crippen molar-refractivity contribution in [2.45, 2.75) is 32.8 Å². The van der Waals surface area contributed by atoms with Gasteiger partial charge in [0, 0.05) is 11.1 Å². The zero-order valence-corrected chi connectivity index (χ0v) is 16.5. The fourth-order valence-corrected chi connectivity index (χ4v) is 3.17. The largest absolute Gasteiger partial charge is 0.466 e. The lowest BCUT2D eigenvalue weighted by atomic mass is 10.0. The van der Waals surface area contributed by atoms with Crippen molar-refractivity contribution < 1.29 is 28.6 Å². The van der Waals surface area contributed by atoms with Crippen molar-refractivity contribution in [1.82, 2.24) is 4.98 Å². The molecule has 0 aliphatic carbocycles. The molecular weight excluding hydrogens is 384 g/mol. The highest BCUT2D eigenvalue weighted by molar-refractivity contribution is 7.15. The Kier molecular flexibility index (Phi) is 8.41. The highest BCUT2D eigenvalue weighted by atomic mass is 32.1. The van der Waals surface area contributed by atoms with Crippen LogP contribution in [0.4, 0.5) is 9.93 Å². The van der Waals surface area contributed by atoms with E-state index in [0.29, 0.717) is 4.88 Å². The average molecular weight is 406 g/mol. The number of carbonyl (C=O) groups excluding carboxylic acids is 3. The maximum Gasteiger partial charge on any atom is 0.413 e. The number of nitrogens with one attached hydrogen (secondary N) is 1. The van der Waals surface area contributed by atoms with E-state index in [0.717, 1.165) is 16.9 Å². The summed E-state index contributed by atoms with van der Waals surface area (Å²) in [6.07, 6.45) is 0.605. The number of nitrogens with zero attached hydrogens (tertiary/aromatic N) is 1. The minimum Gasteiger partial charge on any atom is -0.466 e. The van der Waals surface area contributed by atoms with Crippen LogP contribution in [0, 0.1) is 0 Å². The first-order valence-electron chi connectivity index (χ1n) is 8.79. The van der Waals surface area contributed by atoms with Gasteiger partial charge in [-0.05, 0) is 19.4 Å². The lowest BCUT2D eigenvalue weighted by molar-refractivity contribution is -0.151. The molecule has 2 rings (SSSR count). The molecule has 1 aromatic carbocycles. The van der Waals surface area contributed by atoms with Crippen molar-refractivity contribution in [1.29, 1.82) is 0 Å². The zero-order valence-electron chi connectivity index (χ0n) is 15.7. The van der Waals surface area contributed by atoms with Gasteiger partial charge in [-0.1, -0.05) is 30.3 Å². The number of ether oxygens (including phenoxy) is 3. The summed E-state index contributed by atoms with van der Waals surface area (Å²) in [7, 11) is 0. The van der Waals surface area contributed by atoms with E-state index >= 15 is 0 Å². The minimum atomic E-state index is -0.840. The second-order valence-corrected chi connectivity index (χ2v) is 6.63. The van der Waals surface area contributed by atoms with E-state index in [2.05, 4.69) is 10.3 Å². The predicted molar refractivity (Wildman–Crippen MR) is 103 cm³/mol. The third kappa shape index (κ3) is 6.66. The molecule has 9 heteroatoms. The number of amides is 1. The van der Waals surface area contributed by atoms with Crippen molar-refractivity contribution in [3.05, 3.63) is 47.0 Å². The molecule has 0 aliphatic heterocycles. The lowest BCUT2D eigenvalue weighted by Crippen LogP contribution is -2.19. The molecule has 0 saturated heterocycles. The van der Waals surface area contributed by atoms with Crippen molar-refractivity contribution in [2.75, 3.05) is 18.5 Å². The summed E-state index contributed by atoms with van der Waals surface area (Å²) in [5.74, 6) is -1.89. The van der Waals surface area contributed by atoms with E-state index in [1.807, 2.05) is 30.3 Å². The monoisotopic (exact) mass is 406 g/mol. The van der Waals surface area contributed by atoms with Crippen LogP contribution in [0.2, 0.25) is 0 Å². The molecule has 0 aliphatic rings. The van der Waals surface area contributed by atoms with Crippen LogP contribution < -0.4 is 5.32 Å². The molecule has 1 heterocycles. The maximum atomic E-state index is 12.2. The number of esters is 2. The summed E-state index contributed by atoms with van der Waals surface area (Å²) in [4.78, 5) is 40.5. The van der Waals surface area contributed by atoms with Gasteiger partial charge in [-0.15, -0.1) is 11.3 Å². The van der Waals surface area contributed by atoms with Crippen LogP contribution in [-0.4, -0.2) is 36.2 Å². The number of thiazole rings is 1. The predicted octanol–water partition coefficient (Wildman–Crippen LogP) is 3.49. The van der Waals surface area contributed by atoms with E-state index in [4.69, 9.17) is 14.2 Å². The number of carbonyl (C=O) groups is 3. The Bertz CT molecular complexity index is 793. The van der Waals surface area contributed by atoms with Gasteiger partial charge in [0.15, 0.2) is 5.13 Å². The topological polar surface area (TPSA) is 104 Å². The summed E-state index contributed by atoms with van der Waals surface area (Å²) in [5, 5.41) is 2.77. The molecule has 28 heavy (non-hydrogen) atoms. The molecule has 1 N–H and O–H groups in total. The fraction of sp³-hybridized carbons (Fsp3) is 0.368. The smallest absolute Gasteiger partial charge is 0.413 e. The molecule has 1 unspecified atom stereocenters. The van der Waals surface area contributed by atoms with Gasteiger partial charge in [-0.3, -0.25) is 14.9 Å². The highest BCUT2D eigenvalue weighted by Crippen LogP contribution is 2.30. The van der Waals surface area contributed by atoms with Crippen LogP contribution in [-0.2, 0) is 30.4 Å². The molecule has 0 bridgehead atoms. The third-order valence-corrected chi connectivity index (χ3v) is 4.56. The number of hydrogen-bond donors (Lipinski definition) is 1. The number of hydrogen-bond acceptors (Lipinski definition) is 8. The molecular formula is C19H22N2O6S. The summed E-state index contributed by atoms with van der Waals surface area (Å²) in [6, 6.07) is 9.25. The summed E-state index contributed by atoms with van der Waals surface area (Å²) in [6.45, 7) is 3.90. The first-order valence-corrected chi connectivity index (χ1v) is 9.60. The maximum absolute atomic E-state index is 12.2. The van der Waals surface area contributed by atoms with Gasteiger partial charge in [-0.25, -0.2) is 9.78 Å². The van der Waals surface area contributed by atoms with Crippen LogP contribution in [0.5, 0.6) is 0 Å². The summed E-state index contributed by atoms with van der Waals surface area (Å²) < 4.78 is 15.1. The normalized spacial score (nSPS) is 11.4. The van der Waals surface area contributed by atoms with Gasteiger partial charge >= 0.3 is 18.0 Å². The van der Waals surface area contributed by atoms with Crippen LogP contribution in [0.3, 0.4) is 0 Å². The Hall–Kier alpha value is -2.94. The van der Waals surface area contributed by atoms with Gasteiger partial charge in [0.2, 0.25) is 0 Å². The number of rotatable bonds is 9. The quantitative estimate of drug-likeness (QED) is 0.502. The molecule has 0 radical (unpaired) electrons. The standard InChI is InChI=1S/C19H22N2O6S/c1-3-25-16(22)10-14(17(23)26-4-2)15-11-20-18(28-15)21-19(24)27-12-13-8-6-5-7-9-13/h5-9,11,14H,3-4,10,12H2,1-2H3,(H,20,21,24). The van der Waals surface area contributed by atoms with Crippen molar-refractivity contribution >= 4 is 34.5 Å². The Morgan fingerprint density at radius 2 is 1.79 bits per heavy atom. The first kappa shape index (κ1) is 21.4. The Morgan fingerprint density at radius 3 is 2.46 bits per heavy atom. The van der Waals surface area contributed by atoms with Gasteiger partial charge in [0.05, 0.1) is 19.6 Å². The first-order chi connectivity index (χ1) is 13.5. The summed E-state index contributed by atoms with van der Waals surface area (Å²) in [5.41, 5.74) is 0.856. The third-order valence-electron chi connectivity index (χ3n) is 3.54. The molecule has 1 aromatic heterocycles. The van der Waals surface area contributed by atoms with Gasteiger partial charge in [0.25, 0.3) is 0 Å². The van der Waals surface area contributed by atoms with E-state index in [9.17, 15) is 14.4 Å². The molecule has 1 amide bonds. The second-order valence-electron chi connectivity index (χ2n) is 5.57. The highest BCUT2D eigenvalue weighted by Gasteiger charge is 2.28. The zero-order chi connectivity index (χ0) is 20.4. The van der Waals surface area contributed by atoms with Crippen molar-refractivity contribution in [2.24, 2.45) is 0 Å². The lowest BCUT2D eigenvalue weighted by Gasteiger charge is -2.12. The van der Waals surface area contributed by atoms with Gasteiger partial charge < -0.3 is 14.2 Å². The van der Waals surface area contributed by atoms with Crippen molar-refractivity contribution in [3.63, 3.8) is 0 Å². The number of benzene rings is 1. The van der Waals surface area contributed by atoms with Crippen molar-refractivity contribution in [3.8, 4) is 0 Å². The van der Waals surface area contributed by atoms with E-state index in [-0.39, 0.29) is 31.4 Å². The molecule has 0 spiro atoms. The molecule has 150 valence electrons. The van der Waals surface area contributed by atoms with Gasteiger partial charge in [0.1, 0.15) is 12.5 Å². The number of aromatic nitrogens is 1. The van der Waals surface area contributed by atoms with Gasteiger partial charge in [-0.2, -0.15) is 0 Å². The van der Waals surface area contributed by atoms with Crippen LogP contribution in [0.15, 0.2) is 36.5 Å². The average Bonchev–Trinajstić information content (AvgIpc) is 3.13. The number of anilines is 1. The van der Waals surface area contributed by atoms with Crippen LogP contribution in [0.25, 0.3) is 0 Å². The minimum absolute atomic E-state index is 0.124. The van der Waals surface area contributed by atoms with E-state index < -0.39 is 23.9 Å². The van der Waals surface area contributed by atoms with Crippen LogP contribution >= 0.6 is 11.3 Å². The molecule has 8 nitrogen and oxygen atoms in total. The molecule has 1 atom stereocenters. The molecule has 0 fully saturated rings. The Balaban J connectivity index is 1.98. The summed E-state index contributed by atoms with van der Waals surface area (Å²) >= 11 is 1.07. The molecule has 2 aromatic rings. The van der Waals surface area contributed by atoms with E-state index in [1.54, 1.807) is 13.8 Å². The van der Waals surface area contributed by atoms with E-state index in [1.165, 1.54) is 6.20 Å². The Morgan fingerprint density at radius 1 is 1.07 bits per heavy atom. The van der Waals surface area contributed by atoms with Crippen LogP contribution in [0.1, 0.15) is 36.6 Å². The SMILES string of the molecule is CCOC(=O)CC(C(=O)OCC)c1cnc(NC(=O)OCc2ccccc2)s1. The fourth-order valence-electron chi connectivity index (χ4n) is 2.28. The second kappa shape index (κ2) is 11.0. The Labute approximate surface area is 166 Å².